The molecule has 4 nitrogen and oxygen atoms in total. The van der Waals surface area contributed by atoms with Crippen molar-refractivity contribution in [3.8, 4) is 5.75 Å². The largest absolute Gasteiger partial charge is 0.493 e. The molecule has 0 aromatic carbocycles. The number of aromatic nitrogens is 1. The van der Waals surface area contributed by atoms with Crippen LogP contribution in [0, 0.1) is 12.3 Å². The van der Waals surface area contributed by atoms with Gasteiger partial charge in [0.25, 0.3) is 0 Å². The second-order valence-corrected chi connectivity index (χ2v) is 6.21. The predicted octanol–water partition coefficient (Wildman–Crippen LogP) is 2.39. The highest BCUT2D eigenvalue weighted by Crippen LogP contribution is 2.34. The van der Waals surface area contributed by atoms with E-state index < -0.39 is 0 Å². The minimum atomic E-state index is -0.226. The molecule has 0 bridgehead atoms. The van der Waals surface area contributed by atoms with Crippen LogP contribution in [0.5, 0.6) is 5.75 Å². The van der Waals surface area contributed by atoms with E-state index in [1.165, 1.54) is 0 Å². The van der Waals surface area contributed by atoms with Gasteiger partial charge in [0.2, 0.25) is 0 Å². The van der Waals surface area contributed by atoms with Crippen LogP contribution in [-0.4, -0.2) is 36.4 Å². The van der Waals surface area contributed by atoms with Crippen molar-refractivity contribution >= 4 is 5.82 Å². The number of rotatable bonds is 2. The van der Waals surface area contributed by atoms with E-state index in [9.17, 15) is 5.11 Å². The summed E-state index contributed by atoms with van der Waals surface area (Å²) in [5, 5.41) is 9.99. The predicted molar refractivity (Wildman–Crippen MR) is 76.8 cm³/mol. The number of pyridine rings is 1. The van der Waals surface area contributed by atoms with Crippen molar-refractivity contribution in [1.82, 2.24) is 4.98 Å². The van der Waals surface area contributed by atoms with E-state index in [2.05, 4.69) is 23.7 Å². The molecule has 19 heavy (non-hydrogen) atoms. The maximum absolute atomic E-state index is 9.99. The summed E-state index contributed by atoms with van der Waals surface area (Å²) >= 11 is 0. The number of hydrogen-bond acceptors (Lipinski definition) is 4. The van der Waals surface area contributed by atoms with Crippen LogP contribution in [0.4, 0.5) is 5.82 Å². The van der Waals surface area contributed by atoms with Crippen molar-refractivity contribution in [2.45, 2.75) is 39.7 Å². The third-order valence-corrected chi connectivity index (χ3v) is 3.64. The Morgan fingerprint density at radius 1 is 1.42 bits per heavy atom. The fourth-order valence-corrected chi connectivity index (χ4v) is 2.80. The lowest BCUT2D eigenvalue weighted by molar-refractivity contribution is 0.123. The Balaban J connectivity index is 2.32. The Bertz CT molecular complexity index is 446. The first-order chi connectivity index (χ1) is 8.91. The summed E-state index contributed by atoms with van der Waals surface area (Å²) in [6, 6.07) is 3.92. The van der Waals surface area contributed by atoms with Crippen LogP contribution < -0.4 is 9.64 Å². The molecule has 1 aromatic rings. The smallest absolute Gasteiger partial charge is 0.171 e. The summed E-state index contributed by atoms with van der Waals surface area (Å²) in [5.41, 5.74) is 1.06. The molecule has 1 fully saturated rings. The fourth-order valence-electron chi connectivity index (χ4n) is 2.80. The molecule has 1 aliphatic heterocycles. The number of aryl methyl sites for hydroxylation is 1. The first kappa shape index (κ1) is 14.1. The van der Waals surface area contributed by atoms with Crippen LogP contribution in [-0.2, 0) is 0 Å². The van der Waals surface area contributed by atoms with Gasteiger partial charge in [-0.1, -0.05) is 13.8 Å². The summed E-state index contributed by atoms with van der Waals surface area (Å²) in [6.45, 7) is 8.07. The first-order valence-corrected chi connectivity index (χ1v) is 6.86. The normalized spacial score (nSPS) is 23.0. The number of aliphatic hydroxyl groups excluding tert-OH is 1. The average molecular weight is 264 g/mol. The molecule has 0 amide bonds. The number of methoxy groups -OCH3 is 1. The molecular weight excluding hydrogens is 240 g/mol. The highest BCUT2D eigenvalue weighted by atomic mass is 16.5. The SMILES string of the molecule is COc1ccc(C)nc1N1CCC(O)CC(C)(C)C1. The van der Waals surface area contributed by atoms with E-state index >= 15 is 0 Å². The molecule has 2 heterocycles. The molecule has 0 saturated carbocycles. The van der Waals surface area contributed by atoms with Crippen LogP contribution in [0.25, 0.3) is 0 Å². The minimum Gasteiger partial charge on any atom is -0.493 e. The van der Waals surface area contributed by atoms with Crippen molar-refractivity contribution in [3.05, 3.63) is 17.8 Å². The zero-order valence-electron chi connectivity index (χ0n) is 12.3. The number of anilines is 1. The quantitative estimate of drug-likeness (QED) is 0.891. The lowest BCUT2D eigenvalue weighted by Gasteiger charge is -2.31. The zero-order valence-corrected chi connectivity index (χ0v) is 12.3. The Kier molecular flexibility index (Phi) is 3.99. The van der Waals surface area contributed by atoms with Gasteiger partial charge in [0, 0.05) is 18.8 Å². The van der Waals surface area contributed by atoms with E-state index in [-0.39, 0.29) is 11.5 Å². The molecule has 1 N–H and O–H groups in total. The fraction of sp³-hybridized carbons (Fsp3) is 0.667. The van der Waals surface area contributed by atoms with Crippen molar-refractivity contribution in [2.24, 2.45) is 5.41 Å². The summed E-state index contributed by atoms with van der Waals surface area (Å²) < 4.78 is 5.42. The lowest BCUT2D eigenvalue weighted by Crippen LogP contribution is -2.33. The van der Waals surface area contributed by atoms with Gasteiger partial charge in [-0.15, -0.1) is 0 Å². The third-order valence-electron chi connectivity index (χ3n) is 3.64. The molecule has 2 rings (SSSR count). The van der Waals surface area contributed by atoms with Crippen LogP contribution >= 0.6 is 0 Å². The van der Waals surface area contributed by atoms with Crippen molar-refractivity contribution in [3.63, 3.8) is 0 Å². The molecule has 0 spiro atoms. The molecule has 106 valence electrons. The molecule has 1 saturated heterocycles. The Hall–Kier alpha value is -1.29. The van der Waals surface area contributed by atoms with Crippen LogP contribution in [0.1, 0.15) is 32.4 Å². The van der Waals surface area contributed by atoms with Gasteiger partial charge < -0.3 is 14.7 Å². The summed E-state index contributed by atoms with van der Waals surface area (Å²) in [4.78, 5) is 6.86. The van der Waals surface area contributed by atoms with E-state index in [1.807, 2.05) is 19.1 Å². The van der Waals surface area contributed by atoms with Gasteiger partial charge in [-0.25, -0.2) is 4.98 Å². The van der Waals surface area contributed by atoms with E-state index in [0.717, 1.165) is 43.2 Å². The maximum Gasteiger partial charge on any atom is 0.171 e. The minimum absolute atomic E-state index is 0.0757. The standard InChI is InChI=1S/C15H24N2O2/c1-11-5-6-13(19-4)14(16-11)17-8-7-12(18)9-15(2,3)10-17/h5-6,12,18H,7-10H2,1-4H3. The Morgan fingerprint density at radius 3 is 2.84 bits per heavy atom. The van der Waals surface area contributed by atoms with Crippen molar-refractivity contribution in [2.75, 3.05) is 25.1 Å². The molecular formula is C15H24N2O2. The molecule has 4 heteroatoms. The van der Waals surface area contributed by atoms with Crippen molar-refractivity contribution in [1.29, 1.82) is 0 Å². The lowest BCUT2D eigenvalue weighted by atomic mass is 9.87. The second-order valence-electron chi connectivity index (χ2n) is 6.21. The monoisotopic (exact) mass is 264 g/mol. The van der Waals surface area contributed by atoms with Gasteiger partial charge in [-0.2, -0.15) is 0 Å². The number of nitrogens with zero attached hydrogens (tertiary/aromatic N) is 2. The van der Waals surface area contributed by atoms with Crippen LogP contribution in [0.2, 0.25) is 0 Å². The van der Waals surface area contributed by atoms with Crippen LogP contribution in [0.3, 0.4) is 0 Å². The van der Waals surface area contributed by atoms with E-state index in [4.69, 9.17) is 4.74 Å². The van der Waals surface area contributed by atoms with Gasteiger partial charge in [0.05, 0.1) is 13.2 Å². The zero-order chi connectivity index (χ0) is 14.0. The highest BCUT2D eigenvalue weighted by molar-refractivity contribution is 5.53. The van der Waals surface area contributed by atoms with Crippen LogP contribution in [0.15, 0.2) is 12.1 Å². The topological polar surface area (TPSA) is 45.6 Å². The molecule has 1 aliphatic rings. The average Bonchev–Trinajstić information content (AvgIpc) is 2.46. The van der Waals surface area contributed by atoms with E-state index in [0.29, 0.717) is 0 Å². The Morgan fingerprint density at radius 2 is 2.16 bits per heavy atom. The van der Waals surface area contributed by atoms with Gasteiger partial charge in [-0.3, -0.25) is 0 Å². The first-order valence-electron chi connectivity index (χ1n) is 6.86. The second kappa shape index (κ2) is 5.37. The van der Waals surface area contributed by atoms with Gasteiger partial charge in [0.15, 0.2) is 11.6 Å². The molecule has 1 atom stereocenters. The van der Waals surface area contributed by atoms with E-state index in [1.54, 1.807) is 7.11 Å². The number of ether oxygens (including phenoxy) is 1. The molecule has 1 unspecified atom stereocenters. The number of aliphatic hydroxyl groups is 1. The van der Waals surface area contributed by atoms with Gasteiger partial charge in [-0.05, 0) is 37.3 Å². The Labute approximate surface area is 115 Å². The van der Waals surface area contributed by atoms with Crippen molar-refractivity contribution < 1.29 is 9.84 Å². The molecule has 0 aliphatic carbocycles. The highest BCUT2D eigenvalue weighted by Gasteiger charge is 2.30. The summed E-state index contributed by atoms with van der Waals surface area (Å²) in [6.07, 6.45) is 1.38. The number of hydrogen-bond donors (Lipinski definition) is 1. The third kappa shape index (κ3) is 3.38. The van der Waals surface area contributed by atoms with Gasteiger partial charge >= 0.3 is 0 Å². The molecule has 0 radical (unpaired) electrons. The maximum atomic E-state index is 9.99. The van der Waals surface area contributed by atoms with Gasteiger partial charge in [0.1, 0.15) is 0 Å². The summed E-state index contributed by atoms with van der Waals surface area (Å²) in [7, 11) is 1.67. The molecule has 1 aromatic heterocycles. The summed E-state index contributed by atoms with van der Waals surface area (Å²) in [5.74, 6) is 1.70.